The van der Waals surface area contributed by atoms with Gasteiger partial charge in [0.1, 0.15) is 6.04 Å². The molecule has 0 saturated heterocycles. The highest BCUT2D eigenvalue weighted by Gasteiger charge is 2.15. The summed E-state index contributed by atoms with van der Waals surface area (Å²) in [7, 11) is 0. The number of aliphatic carboxylic acids is 2. The number of carboxylic acid groups (broad SMARTS) is 2. The highest BCUT2D eigenvalue weighted by molar-refractivity contribution is 7.80. The normalized spacial score (nSPS) is 14.2. The average Bonchev–Trinajstić information content (AvgIpc) is 2.27. The summed E-state index contributed by atoms with van der Waals surface area (Å²) in [6.45, 7) is 1.25. The summed E-state index contributed by atoms with van der Waals surface area (Å²) in [5.41, 5.74) is 0. The lowest BCUT2D eigenvalue weighted by Gasteiger charge is -2.13. The zero-order chi connectivity index (χ0) is 13.3. The molecule has 2 atom stereocenters. The van der Waals surface area contributed by atoms with Crippen LogP contribution in [0.1, 0.15) is 0 Å². The predicted molar refractivity (Wildman–Crippen MR) is 71.1 cm³/mol. The van der Waals surface area contributed by atoms with Crippen LogP contribution in [0.2, 0.25) is 0 Å². The molecular weight excluding hydrogens is 264 g/mol. The van der Waals surface area contributed by atoms with Crippen molar-refractivity contribution in [3.8, 4) is 0 Å². The van der Waals surface area contributed by atoms with Gasteiger partial charge >= 0.3 is 11.9 Å². The second-order valence-electron chi connectivity index (χ2n) is 3.45. The van der Waals surface area contributed by atoms with Crippen LogP contribution in [0.15, 0.2) is 0 Å². The Morgan fingerprint density at radius 3 is 2.12 bits per heavy atom. The summed E-state index contributed by atoms with van der Waals surface area (Å²) < 4.78 is 0. The van der Waals surface area contributed by atoms with E-state index in [1.807, 2.05) is 0 Å². The van der Waals surface area contributed by atoms with Crippen LogP contribution in [-0.4, -0.2) is 59.3 Å². The molecule has 0 saturated carbocycles. The Labute approximate surface area is 111 Å². The van der Waals surface area contributed by atoms with E-state index in [0.29, 0.717) is 19.6 Å². The van der Waals surface area contributed by atoms with E-state index >= 15 is 0 Å². The number of hydrogen-bond donors (Lipinski definition) is 6. The number of carbonyl (C=O) groups is 2. The van der Waals surface area contributed by atoms with Crippen molar-refractivity contribution in [1.29, 1.82) is 0 Å². The van der Waals surface area contributed by atoms with Crippen molar-refractivity contribution in [2.45, 2.75) is 6.04 Å². The van der Waals surface area contributed by atoms with Gasteiger partial charge in [-0.25, -0.2) is 0 Å². The molecular formula is C9H18N2O4S2. The van der Waals surface area contributed by atoms with E-state index in [-0.39, 0.29) is 11.5 Å². The quantitative estimate of drug-likeness (QED) is 0.231. The monoisotopic (exact) mass is 282 g/mol. The Bertz CT molecular complexity index is 229. The van der Waals surface area contributed by atoms with Crippen molar-refractivity contribution in [2.24, 2.45) is 5.92 Å². The molecule has 4 N–H and O–H groups in total. The SMILES string of the molecule is O=C(O)C(CS)CNCCNC(CS)C(=O)O. The van der Waals surface area contributed by atoms with Gasteiger partial charge < -0.3 is 20.8 Å². The third-order valence-corrected chi connectivity index (χ3v) is 2.94. The Kier molecular flexibility index (Phi) is 9.33. The van der Waals surface area contributed by atoms with Gasteiger partial charge in [0.05, 0.1) is 5.92 Å². The van der Waals surface area contributed by atoms with Crippen molar-refractivity contribution in [3.05, 3.63) is 0 Å². The maximum atomic E-state index is 10.6. The zero-order valence-corrected chi connectivity index (χ0v) is 11.1. The van der Waals surface area contributed by atoms with Crippen LogP contribution in [0.3, 0.4) is 0 Å². The number of hydrogen-bond acceptors (Lipinski definition) is 6. The molecule has 0 rings (SSSR count). The molecule has 0 aliphatic rings. The first-order valence-corrected chi connectivity index (χ1v) is 6.40. The molecule has 17 heavy (non-hydrogen) atoms. The molecule has 0 spiro atoms. The lowest BCUT2D eigenvalue weighted by Crippen LogP contribution is -2.42. The molecule has 6 nitrogen and oxygen atoms in total. The molecule has 0 aliphatic heterocycles. The first-order chi connectivity index (χ1) is 8.02. The summed E-state index contributed by atoms with van der Waals surface area (Å²) in [6.07, 6.45) is 0. The molecule has 2 unspecified atom stereocenters. The maximum absolute atomic E-state index is 10.6. The standard InChI is InChI=1S/C9H18N2O4S2/c12-8(13)6(4-16)3-10-1-2-11-7(5-17)9(14)15/h6-7,10-11,16-17H,1-5H2,(H,12,13)(H,14,15). The fourth-order valence-electron chi connectivity index (χ4n) is 1.07. The van der Waals surface area contributed by atoms with Gasteiger partial charge in [-0.2, -0.15) is 25.3 Å². The minimum Gasteiger partial charge on any atom is -0.481 e. The minimum absolute atomic E-state index is 0.212. The van der Waals surface area contributed by atoms with E-state index in [2.05, 4.69) is 35.9 Å². The van der Waals surface area contributed by atoms with Crippen molar-refractivity contribution >= 4 is 37.2 Å². The van der Waals surface area contributed by atoms with Gasteiger partial charge in [0, 0.05) is 31.1 Å². The van der Waals surface area contributed by atoms with E-state index in [0.717, 1.165) is 0 Å². The Morgan fingerprint density at radius 2 is 1.71 bits per heavy atom. The van der Waals surface area contributed by atoms with Gasteiger partial charge in [-0.05, 0) is 0 Å². The van der Waals surface area contributed by atoms with E-state index in [1.165, 1.54) is 0 Å². The first-order valence-electron chi connectivity index (χ1n) is 5.14. The molecule has 0 radical (unpaired) electrons. The van der Waals surface area contributed by atoms with Crippen LogP contribution in [0.4, 0.5) is 0 Å². The molecule has 0 aromatic heterocycles. The number of carboxylic acids is 2. The van der Waals surface area contributed by atoms with Crippen LogP contribution >= 0.6 is 25.3 Å². The van der Waals surface area contributed by atoms with Gasteiger partial charge in [0.25, 0.3) is 0 Å². The fraction of sp³-hybridized carbons (Fsp3) is 0.778. The van der Waals surface area contributed by atoms with Crippen molar-refractivity contribution in [2.75, 3.05) is 31.1 Å². The Balaban J connectivity index is 3.64. The summed E-state index contributed by atoms with van der Waals surface area (Å²) in [6, 6.07) is -0.680. The van der Waals surface area contributed by atoms with Gasteiger partial charge in [0.2, 0.25) is 0 Å². The van der Waals surface area contributed by atoms with E-state index in [1.54, 1.807) is 0 Å². The van der Waals surface area contributed by atoms with E-state index in [9.17, 15) is 9.59 Å². The van der Waals surface area contributed by atoms with Gasteiger partial charge in [-0.15, -0.1) is 0 Å². The topological polar surface area (TPSA) is 98.7 Å². The number of rotatable bonds is 10. The van der Waals surface area contributed by atoms with Gasteiger partial charge in [-0.3, -0.25) is 9.59 Å². The molecule has 0 amide bonds. The summed E-state index contributed by atoms with van der Waals surface area (Å²) >= 11 is 7.83. The van der Waals surface area contributed by atoms with Crippen LogP contribution < -0.4 is 10.6 Å². The molecule has 0 aromatic rings. The third kappa shape index (κ3) is 7.48. The second kappa shape index (κ2) is 9.58. The van der Waals surface area contributed by atoms with Crippen molar-refractivity contribution in [1.82, 2.24) is 10.6 Å². The van der Waals surface area contributed by atoms with Gasteiger partial charge in [0.15, 0.2) is 0 Å². The van der Waals surface area contributed by atoms with Gasteiger partial charge in [-0.1, -0.05) is 0 Å². The first kappa shape index (κ1) is 16.6. The summed E-state index contributed by atoms with van der Waals surface area (Å²) in [5, 5.41) is 23.2. The Hall–Kier alpha value is -0.440. The molecule has 0 fully saturated rings. The average molecular weight is 282 g/mol. The predicted octanol–water partition coefficient (Wildman–Crippen LogP) is -0.821. The summed E-state index contributed by atoms with van der Waals surface area (Å²) in [5.74, 6) is -1.88. The lowest BCUT2D eigenvalue weighted by molar-refractivity contribution is -0.141. The molecule has 0 bridgehead atoms. The fourth-order valence-corrected chi connectivity index (χ4v) is 1.64. The largest absolute Gasteiger partial charge is 0.481 e. The van der Waals surface area contributed by atoms with E-state index in [4.69, 9.17) is 10.2 Å². The molecule has 100 valence electrons. The third-order valence-electron chi connectivity index (χ3n) is 2.13. The summed E-state index contributed by atoms with van der Waals surface area (Å²) in [4.78, 5) is 21.3. The second-order valence-corrected chi connectivity index (χ2v) is 4.18. The molecule has 0 heterocycles. The lowest BCUT2D eigenvalue weighted by atomic mass is 10.2. The van der Waals surface area contributed by atoms with E-state index < -0.39 is 23.9 Å². The highest BCUT2D eigenvalue weighted by atomic mass is 32.1. The maximum Gasteiger partial charge on any atom is 0.321 e. The number of thiol groups is 2. The van der Waals surface area contributed by atoms with Crippen LogP contribution in [0, 0.1) is 5.92 Å². The molecule has 0 aromatic carbocycles. The Morgan fingerprint density at radius 1 is 1.06 bits per heavy atom. The van der Waals surface area contributed by atoms with Crippen LogP contribution in [-0.2, 0) is 9.59 Å². The molecule has 8 heteroatoms. The molecule has 0 aliphatic carbocycles. The minimum atomic E-state index is -0.946. The van der Waals surface area contributed by atoms with Crippen molar-refractivity contribution < 1.29 is 19.8 Å². The smallest absolute Gasteiger partial charge is 0.321 e. The van der Waals surface area contributed by atoms with Crippen LogP contribution in [0.25, 0.3) is 0 Å². The highest BCUT2D eigenvalue weighted by Crippen LogP contribution is 1.97. The zero-order valence-electron chi connectivity index (χ0n) is 9.30. The van der Waals surface area contributed by atoms with Crippen LogP contribution in [0.5, 0.6) is 0 Å². The van der Waals surface area contributed by atoms with Crippen molar-refractivity contribution in [3.63, 3.8) is 0 Å². The number of nitrogens with one attached hydrogen (secondary N) is 2.